The quantitative estimate of drug-likeness (QED) is 0.545. The Kier molecular flexibility index (Phi) is 3.91. The topological polar surface area (TPSA) is 12.9 Å². The number of halogens is 2. The van der Waals surface area contributed by atoms with Crippen molar-refractivity contribution in [2.24, 2.45) is 0 Å². The predicted molar refractivity (Wildman–Crippen MR) is 90.1 cm³/mol. The largest absolute Gasteiger partial charge is 0.236 e. The third-order valence-electron chi connectivity index (χ3n) is 3.32. The average Bonchev–Trinajstić information content (AvgIpc) is 2.84. The fourth-order valence-corrected chi connectivity index (χ4v) is 3.58. The summed E-state index contributed by atoms with van der Waals surface area (Å²) in [6.07, 6.45) is 0. The zero-order chi connectivity index (χ0) is 15.0. The molecule has 1 nitrogen and oxygen atoms in total. The minimum Gasteiger partial charge on any atom is -0.236 e. The summed E-state index contributed by atoms with van der Waals surface area (Å²) in [6, 6.07) is 13.4. The molecule has 0 unspecified atom stereocenters. The molecule has 0 amide bonds. The molecule has 2 aromatic carbocycles. The van der Waals surface area contributed by atoms with Gasteiger partial charge in [0.15, 0.2) is 0 Å². The molecule has 3 aromatic rings. The van der Waals surface area contributed by atoms with Gasteiger partial charge in [0.05, 0.1) is 5.69 Å². The third kappa shape index (κ3) is 2.78. The molecule has 0 aliphatic carbocycles. The predicted octanol–water partition coefficient (Wildman–Crippen LogP) is 6.00. The maximum Gasteiger partial charge on any atom is 0.136 e. The summed E-state index contributed by atoms with van der Waals surface area (Å²) in [6.45, 7) is 3.79. The van der Waals surface area contributed by atoms with Crippen molar-refractivity contribution in [1.29, 1.82) is 0 Å². The maximum atomic E-state index is 14.3. The lowest BCUT2D eigenvalue weighted by Gasteiger charge is -2.02. The highest BCUT2D eigenvalue weighted by Gasteiger charge is 2.15. The summed E-state index contributed by atoms with van der Waals surface area (Å²) in [7, 11) is 0. The van der Waals surface area contributed by atoms with Crippen molar-refractivity contribution in [3.63, 3.8) is 0 Å². The molecule has 0 spiro atoms. The van der Waals surface area contributed by atoms with E-state index in [0.29, 0.717) is 11.1 Å². The van der Waals surface area contributed by atoms with Crippen molar-refractivity contribution in [1.82, 2.24) is 4.98 Å². The minimum absolute atomic E-state index is 0.188. The van der Waals surface area contributed by atoms with Crippen LogP contribution in [0.3, 0.4) is 0 Å². The zero-order valence-electron chi connectivity index (χ0n) is 11.7. The molecule has 0 aliphatic rings. The Hall–Kier alpha value is -1.52. The standard InChI is InChI=1S/C17H13BrFNS/c1-10-5-3-8-14(15(10)19)17-20-16(11(2)21-17)12-6-4-7-13(18)9-12/h3-9H,1-2H3. The lowest BCUT2D eigenvalue weighted by atomic mass is 10.1. The Morgan fingerprint density at radius 2 is 1.86 bits per heavy atom. The Morgan fingerprint density at radius 1 is 1.10 bits per heavy atom. The molecule has 1 aromatic heterocycles. The molecule has 21 heavy (non-hydrogen) atoms. The van der Waals surface area contributed by atoms with Crippen LogP contribution in [0.1, 0.15) is 10.4 Å². The molecule has 4 heteroatoms. The molecule has 0 radical (unpaired) electrons. The number of rotatable bonds is 2. The fraction of sp³-hybridized carbons (Fsp3) is 0.118. The molecule has 0 atom stereocenters. The van der Waals surface area contributed by atoms with Gasteiger partial charge in [-0.25, -0.2) is 9.37 Å². The summed E-state index contributed by atoms with van der Waals surface area (Å²) in [5.74, 6) is -0.188. The first-order valence-corrected chi connectivity index (χ1v) is 8.16. The number of thiazole rings is 1. The first-order chi connectivity index (χ1) is 10.1. The lowest BCUT2D eigenvalue weighted by molar-refractivity contribution is 0.622. The van der Waals surface area contributed by atoms with Crippen molar-refractivity contribution >= 4 is 27.3 Å². The van der Waals surface area contributed by atoms with Crippen molar-refractivity contribution in [2.45, 2.75) is 13.8 Å². The van der Waals surface area contributed by atoms with Crippen LogP contribution in [0.5, 0.6) is 0 Å². The average molecular weight is 362 g/mol. The number of aryl methyl sites for hydroxylation is 2. The van der Waals surface area contributed by atoms with E-state index in [9.17, 15) is 4.39 Å². The highest BCUT2D eigenvalue weighted by Crippen LogP contribution is 2.35. The van der Waals surface area contributed by atoms with E-state index >= 15 is 0 Å². The van der Waals surface area contributed by atoms with Gasteiger partial charge in [-0.3, -0.25) is 0 Å². The van der Waals surface area contributed by atoms with Crippen molar-refractivity contribution in [3.8, 4) is 21.8 Å². The molecule has 106 valence electrons. The molecular formula is C17H13BrFNS. The Balaban J connectivity index is 2.12. The van der Waals surface area contributed by atoms with Crippen molar-refractivity contribution < 1.29 is 4.39 Å². The van der Waals surface area contributed by atoms with Gasteiger partial charge in [-0.05, 0) is 37.6 Å². The number of aromatic nitrogens is 1. The van der Waals surface area contributed by atoms with E-state index in [1.54, 1.807) is 19.1 Å². The van der Waals surface area contributed by atoms with E-state index in [2.05, 4.69) is 20.9 Å². The summed E-state index contributed by atoms with van der Waals surface area (Å²) in [5, 5.41) is 0.726. The third-order valence-corrected chi connectivity index (χ3v) is 4.81. The first-order valence-electron chi connectivity index (χ1n) is 6.55. The second-order valence-electron chi connectivity index (χ2n) is 4.87. The van der Waals surface area contributed by atoms with Gasteiger partial charge in [-0.2, -0.15) is 0 Å². The Morgan fingerprint density at radius 3 is 2.62 bits per heavy atom. The molecular weight excluding hydrogens is 349 g/mol. The maximum absolute atomic E-state index is 14.3. The lowest BCUT2D eigenvalue weighted by Crippen LogP contribution is -1.87. The van der Waals surface area contributed by atoms with Crippen molar-refractivity contribution in [2.75, 3.05) is 0 Å². The Bertz CT molecular complexity index is 810. The smallest absolute Gasteiger partial charge is 0.136 e. The van der Waals surface area contributed by atoms with Gasteiger partial charge in [-0.1, -0.05) is 40.2 Å². The monoisotopic (exact) mass is 361 g/mol. The first kappa shape index (κ1) is 14.4. The van der Waals surface area contributed by atoms with Crippen LogP contribution in [0.15, 0.2) is 46.9 Å². The van der Waals surface area contributed by atoms with E-state index in [1.807, 2.05) is 37.3 Å². The Labute approximate surface area is 135 Å². The van der Waals surface area contributed by atoms with E-state index in [-0.39, 0.29) is 5.82 Å². The van der Waals surface area contributed by atoms with Gasteiger partial charge >= 0.3 is 0 Å². The molecule has 1 heterocycles. The second kappa shape index (κ2) is 5.70. The van der Waals surface area contributed by atoms with E-state index in [4.69, 9.17) is 0 Å². The second-order valence-corrected chi connectivity index (χ2v) is 6.99. The van der Waals surface area contributed by atoms with Gasteiger partial charge in [0.1, 0.15) is 10.8 Å². The van der Waals surface area contributed by atoms with Crippen molar-refractivity contribution in [3.05, 3.63) is 63.2 Å². The molecule has 0 N–H and O–H groups in total. The molecule has 0 fully saturated rings. The van der Waals surface area contributed by atoms with Crippen LogP contribution in [0.4, 0.5) is 4.39 Å². The van der Waals surface area contributed by atoms with E-state index < -0.39 is 0 Å². The molecule has 3 rings (SSSR count). The highest BCUT2D eigenvalue weighted by atomic mass is 79.9. The van der Waals surface area contributed by atoms with Crippen LogP contribution >= 0.6 is 27.3 Å². The summed E-state index contributed by atoms with van der Waals surface area (Å²) < 4.78 is 15.3. The highest BCUT2D eigenvalue weighted by molar-refractivity contribution is 9.10. The van der Waals surface area contributed by atoms with E-state index in [1.165, 1.54) is 11.3 Å². The van der Waals surface area contributed by atoms with Crippen LogP contribution in [0, 0.1) is 19.7 Å². The fourth-order valence-electron chi connectivity index (χ4n) is 2.23. The normalized spacial score (nSPS) is 10.9. The van der Waals surface area contributed by atoms with Gasteiger partial charge in [0.25, 0.3) is 0 Å². The van der Waals surface area contributed by atoms with Crippen LogP contribution in [0.2, 0.25) is 0 Å². The molecule has 0 aliphatic heterocycles. The number of hydrogen-bond acceptors (Lipinski definition) is 2. The SMILES string of the molecule is Cc1cccc(-c2nc(-c3cccc(Br)c3)c(C)s2)c1F. The summed E-state index contributed by atoms with van der Waals surface area (Å²) >= 11 is 5.00. The number of nitrogens with zero attached hydrogens (tertiary/aromatic N) is 1. The zero-order valence-corrected chi connectivity index (χ0v) is 14.1. The van der Waals surface area contributed by atoms with Gasteiger partial charge in [-0.15, -0.1) is 11.3 Å². The summed E-state index contributed by atoms with van der Waals surface area (Å²) in [4.78, 5) is 5.74. The molecule has 0 saturated heterocycles. The number of hydrogen-bond donors (Lipinski definition) is 0. The van der Waals surface area contributed by atoms with Gasteiger partial charge in [0.2, 0.25) is 0 Å². The number of benzene rings is 2. The molecule has 0 saturated carbocycles. The van der Waals surface area contributed by atoms with Crippen LogP contribution in [-0.2, 0) is 0 Å². The summed E-state index contributed by atoms with van der Waals surface area (Å²) in [5.41, 5.74) is 3.17. The van der Waals surface area contributed by atoms with Crippen LogP contribution in [-0.4, -0.2) is 4.98 Å². The molecule has 0 bridgehead atoms. The minimum atomic E-state index is -0.188. The van der Waals surface area contributed by atoms with Crippen LogP contribution in [0.25, 0.3) is 21.8 Å². The van der Waals surface area contributed by atoms with Crippen LogP contribution < -0.4 is 0 Å². The van der Waals surface area contributed by atoms with Gasteiger partial charge in [0, 0.05) is 20.5 Å². The van der Waals surface area contributed by atoms with E-state index in [0.717, 1.165) is 25.6 Å². The van der Waals surface area contributed by atoms with Gasteiger partial charge < -0.3 is 0 Å².